The molecule has 3 nitrogen and oxygen atoms in total. The van der Waals surface area contributed by atoms with Crippen LogP contribution in [-0.4, -0.2) is 23.0 Å². The molecule has 21 heavy (non-hydrogen) atoms. The number of nitrogens with zero attached hydrogens (tertiary/aromatic N) is 2. The fourth-order valence-corrected chi connectivity index (χ4v) is 2.11. The van der Waals surface area contributed by atoms with Crippen LogP contribution in [0.5, 0.6) is 0 Å². The molecule has 1 aromatic carbocycles. The zero-order valence-corrected chi connectivity index (χ0v) is 12.4. The van der Waals surface area contributed by atoms with Crippen LogP contribution in [0.25, 0.3) is 0 Å². The summed E-state index contributed by atoms with van der Waals surface area (Å²) in [5.41, 5.74) is 8.77. The summed E-state index contributed by atoms with van der Waals surface area (Å²) in [5, 5.41) is 0. The standard InChI is InChI=1S/C18H21N3/c1-2-21(15-18-7-3-4-13-20-18)14-17-10-8-16(9-11-17)6-5-12-19/h3-4,7-11,13H,2,12,14-15,19H2,1H3. The van der Waals surface area contributed by atoms with Crippen molar-refractivity contribution in [3.8, 4) is 11.8 Å². The first-order valence-corrected chi connectivity index (χ1v) is 7.22. The smallest absolute Gasteiger partial charge is 0.0555 e. The van der Waals surface area contributed by atoms with Crippen molar-refractivity contribution in [2.75, 3.05) is 13.1 Å². The molecular formula is C18H21N3. The highest BCUT2D eigenvalue weighted by Gasteiger charge is 2.05. The Kier molecular flexibility index (Phi) is 5.96. The van der Waals surface area contributed by atoms with Crippen LogP contribution in [0.4, 0.5) is 0 Å². The van der Waals surface area contributed by atoms with E-state index >= 15 is 0 Å². The van der Waals surface area contributed by atoms with Crippen molar-refractivity contribution >= 4 is 0 Å². The first kappa shape index (κ1) is 15.2. The normalized spacial score (nSPS) is 10.2. The topological polar surface area (TPSA) is 42.1 Å². The van der Waals surface area contributed by atoms with Crippen LogP contribution >= 0.6 is 0 Å². The van der Waals surface area contributed by atoms with Crippen LogP contribution in [0.2, 0.25) is 0 Å². The van der Waals surface area contributed by atoms with Gasteiger partial charge in [0.2, 0.25) is 0 Å². The van der Waals surface area contributed by atoms with E-state index in [1.807, 2.05) is 30.5 Å². The van der Waals surface area contributed by atoms with Gasteiger partial charge in [0.25, 0.3) is 0 Å². The van der Waals surface area contributed by atoms with Gasteiger partial charge in [-0.05, 0) is 36.4 Å². The number of hydrogen-bond acceptors (Lipinski definition) is 3. The van der Waals surface area contributed by atoms with E-state index in [2.05, 4.69) is 46.8 Å². The molecule has 0 saturated carbocycles. The summed E-state index contributed by atoms with van der Waals surface area (Å²) in [6.45, 7) is 5.34. The van der Waals surface area contributed by atoms with E-state index in [9.17, 15) is 0 Å². The molecule has 0 bridgehead atoms. The average molecular weight is 279 g/mol. The van der Waals surface area contributed by atoms with Gasteiger partial charge in [-0.1, -0.05) is 37.0 Å². The van der Waals surface area contributed by atoms with Crippen molar-refractivity contribution in [1.29, 1.82) is 0 Å². The SMILES string of the molecule is CCN(Cc1ccc(C#CCN)cc1)Cc1ccccn1. The van der Waals surface area contributed by atoms with Gasteiger partial charge in [-0.15, -0.1) is 0 Å². The molecule has 0 atom stereocenters. The summed E-state index contributed by atoms with van der Waals surface area (Å²) in [5.74, 6) is 5.91. The van der Waals surface area contributed by atoms with Crippen LogP contribution in [0, 0.1) is 11.8 Å². The number of hydrogen-bond donors (Lipinski definition) is 1. The molecule has 0 radical (unpaired) electrons. The monoisotopic (exact) mass is 279 g/mol. The van der Waals surface area contributed by atoms with Crippen molar-refractivity contribution < 1.29 is 0 Å². The van der Waals surface area contributed by atoms with Gasteiger partial charge in [0.05, 0.1) is 12.2 Å². The summed E-state index contributed by atoms with van der Waals surface area (Å²) in [7, 11) is 0. The zero-order chi connectivity index (χ0) is 14.9. The van der Waals surface area contributed by atoms with E-state index in [4.69, 9.17) is 5.73 Å². The van der Waals surface area contributed by atoms with Gasteiger partial charge in [-0.25, -0.2) is 0 Å². The summed E-state index contributed by atoms with van der Waals surface area (Å²) in [4.78, 5) is 6.75. The Labute approximate surface area is 126 Å². The highest BCUT2D eigenvalue weighted by atomic mass is 15.1. The Morgan fingerprint density at radius 3 is 2.52 bits per heavy atom. The molecule has 108 valence electrons. The Balaban J connectivity index is 1.98. The quantitative estimate of drug-likeness (QED) is 0.855. The summed E-state index contributed by atoms with van der Waals surface area (Å²) >= 11 is 0. The molecular weight excluding hydrogens is 258 g/mol. The van der Waals surface area contributed by atoms with Crippen molar-refractivity contribution in [3.05, 3.63) is 65.5 Å². The molecule has 3 heteroatoms. The lowest BCUT2D eigenvalue weighted by Crippen LogP contribution is -2.22. The summed E-state index contributed by atoms with van der Waals surface area (Å²) < 4.78 is 0. The van der Waals surface area contributed by atoms with Crippen LogP contribution in [0.3, 0.4) is 0 Å². The Hall–Kier alpha value is -2.15. The molecule has 1 aromatic heterocycles. The minimum absolute atomic E-state index is 0.398. The highest BCUT2D eigenvalue weighted by molar-refractivity contribution is 5.36. The van der Waals surface area contributed by atoms with Crippen LogP contribution in [0.15, 0.2) is 48.7 Å². The van der Waals surface area contributed by atoms with Crippen LogP contribution in [-0.2, 0) is 13.1 Å². The van der Waals surface area contributed by atoms with E-state index in [-0.39, 0.29) is 0 Å². The Morgan fingerprint density at radius 2 is 1.90 bits per heavy atom. The van der Waals surface area contributed by atoms with Gasteiger partial charge in [0.15, 0.2) is 0 Å². The molecule has 0 saturated heterocycles. The molecule has 0 fully saturated rings. The molecule has 0 aliphatic carbocycles. The van der Waals surface area contributed by atoms with Crippen molar-refractivity contribution in [1.82, 2.24) is 9.88 Å². The fourth-order valence-electron chi connectivity index (χ4n) is 2.11. The molecule has 0 aliphatic heterocycles. The number of pyridine rings is 1. The maximum atomic E-state index is 5.38. The third-order valence-electron chi connectivity index (χ3n) is 3.25. The first-order valence-electron chi connectivity index (χ1n) is 7.22. The van der Waals surface area contributed by atoms with Gasteiger partial charge in [0, 0.05) is 24.8 Å². The number of benzene rings is 1. The summed E-state index contributed by atoms with van der Waals surface area (Å²) in [6, 6.07) is 14.4. The number of rotatable bonds is 5. The summed E-state index contributed by atoms with van der Waals surface area (Å²) in [6.07, 6.45) is 1.84. The van der Waals surface area contributed by atoms with Gasteiger partial charge < -0.3 is 5.73 Å². The van der Waals surface area contributed by atoms with Crippen molar-refractivity contribution in [3.63, 3.8) is 0 Å². The molecule has 2 rings (SSSR count). The molecule has 2 aromatic rings. The predicted octanol–water partition coefficient (Wildman–Crippen LogP) is 2.41. The molecule has 2 N–H and O–H groups in total. The molecule has 0 amide bonds. The predicted molar refractivity (Wildman–Crippen MR) is 86.4 cm³/mol. The minimum atomic E-state index is 0.398. The van der Waals surface area contributed by atoms with E-state index < -0.39 is 0 Å². The Bertz CT molecular complexity index is 594. The van der Waals surface area contributed by atoms with Crippen LogP contribution < -0.4 is 5.73 Å². The second-order valence-corrected chi connectivity index (χ2v) is 4.83. The lowest BCUT2D eigenvalue weighted by molar-refractivity contribution is 0.268. The Morgan fingerprint density at radius 1 is 1.10 bits per heavy atom. The van der Waals surface area contributed by atoms with E-state index in [1.165, 1.54) is 5.56 Å². The van der Waals surface area contributed by atoms with E-state index in [1.54, 1.807) is 0 Å². The third-order valence-corrected chi connectivity index (χ3v) is 3.25. The lowest BCUT2D eigenvalue weighted by atomic mass is 10.1. The second kappa shape index (κ2) is 8.21. The van der Waals surface area contributed by atoms with E-state index in [0.29, 0.717) is 6.54 Å². The molecule has 0 spiro atoms. The van der Waals surface area contributed by atoms with E-state index in [0.717, 1.165) is 30.9 Å². The van der Waals surface area contributed by atoms with Crippen LogP contribution in [0.1, 0.15) is 23.7 Å². The number of nitrogens with two attached hydrogens (primary N) is 1. The lowest BCUT2D eigenvalue weighted by Gasteiger charge is -2.20. The van der Waals surface area contributed by atoms with Gasteiger partial charge in [-0.3, -0.25) is 9.88 Å². The van der Waals surface area contributed by atoms with Crippen molar-refractivity contribution in [2.24, 2.45) is 5.73 Å². The number of aromatic nitrogens is 1. The van der Waals surface area contributed by atoms with Crippen molar-refractivity contribution in [2.45, 2.75) is 20.0 Å². The zero-order valence-electron chi connectivity index (χ0n) is 12.4. The molecule has 0 unspecified atom stereocenters. The van der Waals surface area contributed by atoms with Gasteiger partial charge >= 0.3 is 0 Å². The minimum Gasteiger partial charge on any atom is -0.320 e. The highest BCUT2D eigenvalue weighted by Crippen LogP contribution is 2.09. The largest absolute Gasteiger partial charge is 0.320 e. The maximum absolute atomic E-state index is 5.38. The second-order valence-electron chi connectivity index (χ2n) is 4.83. The molecule has 0 aliphatic rings. The first-order chi connectivity index (χ1) is 10.3. The molecule has 1 heterocycles. The fraction of sp³-hybridized carbons (Fsp3) is 0.278. The van der Waals surface area contributed by atoms with Gasteiger partial charge in [0.1, 0.15) is 0 Å². The maximum Gasteiger partial charge on any atom is 0.0555 e. The third kappa shape index (κ3) is 5.03. The average Bonchev–Trinajstić information content (AvgIpc) is 2.54. The van der Waals surface area contributed by atoms with Gasteiger partial charge in [-0.2, -0.15) is 0 Å².